The predicted molar refractivity (Wildman–Crippen MR) is 93.5 cm³/mol. The topological polar surface area (TPSA) is 63.8 Å². The van der Waals surface area contributed by atoms with E-state index in [-0.39, 0.29) is 12.5 Å². The van der Waals surface area contributed by atoms with Crippen molar-refractivity contribution in [3.05, 3.63) is 65.4 Å². The van der Waals surface area contributed by atoms with Crippen LogP contribution in [0.25, 0.3) is 11.0 Å². The van der Waals surface area contributed by atoms with Gasteiger partial charge in [-0.1, -0.05) is 29.8 Å². The molecule has 24 heavy (non-hydrogen) atoms. The molecular weight excluding hydrogens is 328 g/mol. The minimum absolute atomic E-state index is 0.140. The molecule has 122 valence electrons. The minimum atomic E-state index is -0.361. The molecule has 0 aliphatic rings. The smallest absolute Gasteiger partial charge is 0.277 e. The Hall–Kier alpha value is -2.79. The Bertz CT molecular complexity index is 852. The molecule has 3 rings (SSSR count). The van der Waals surface area contributed by atoms with E-state index in [0.29, 0.717) is 22.2 Å². The van der Waals surface area contributed by atoms with Gasteiger partial charge in [0.2, 0.25) is 0 Å². The number of furan rings is 1. The largest absolute Gasteiger partial charge is 0.484 e. The van der Waals surface area contributed by atoms with Crippen molar-refractivity contribution in [1.82, 2.24) is 5.43 Å². The van der Waals surface area contributed by atoms with Crippen LogP contribution in [0.4, 0.5) is 0 Å². The molecule has 0 radical (unpaired) electrons. The van der Waals surface area contributed by atoms with Crippen LogP contribution < -0.4 is 10.2 Å². The van der Waals surface area contributed by atoms with Crippen LogP contribution in [0.3, 0.4) is 0 Å². The Morgan fingerprint density at radius 3 is 2.71 bits per heavy atom. The third-order valence-electron chi connectivity index (χ3n) is 3.31. The molecule has 2 aromatic carbocycles. The zero-order chi connectivity index (χ0) is 16.9. The average molecular weight is 343 g/mol. The van der Waals surface area contributed by atoms with Crippen molar-refractivity contribution in [2.24, 2.45) is 5.10 Å². The maximum absolute atomic E-state index is 11.8. The molecule has 0 atom stereocenters. The number of hydrogen-bond donors (Lipinski definition) is 1. The number of halogens is 1. The molecule has 1 heterocycles. The number of para-hydroxylation sites is 1. The second-order valence-corrected chi connectivity index (χ2v) is 5.56. The summed E-state index contributed by atoms with van der Waals surface area (Å²) in [6, 6.07) is 16.3. The fourth-order valence-electron chi connectivity index (χ4n) is 2.07. The maximum Gasteiger partial charge on any atom is 0.277 e. The number of fused-ring (bicyclic) bond motifs is 1. The lowest BCUT2D eigenvalue weighted by atomic mass is 10.2. The van der Waals surface area contributed by atoms with E-state index >= 15 is 0 Å². The fraction of sp³-hybridized carbons (Fsp3) is 0.111. The van der Waals surface area contributed by atoms with Crippen LogP contribution in [0.15, 0.2) is 64.1 Å². The van der Waals surface area contributed by atoms with Crippen LogP contribution >= 0.6 is 11.6 Å². The summed E-state index contributed by atoms with van der Waals surface area (Å²) in [5.41, 5.74) is 3.80. The Morgan fingerprint density at radius 1 is 1.21 bits per heavy atom. The second-order valence-electron chi connectivity index (χ2n) is 5.12. The number of hydrogen-bond acceptors (Lipinski definition) is 4. The summed E-state index contributed by atoms with van der Waals surface area (Å²) in [5, 5.41) is 5.63. The highest BCUT2D eigenvalue weighted by atomic mass is 35.5. The van der Waals surface area contributed by atoms with Crippen LogP contribution in [0.2, 0.25) is 5.02 Å². The maximum atomic E-state index is 11.8. The number of nitrogens with one attached hydrogen (secondary N) is 1. The molecule has 0 saturated heterocycles. The SMILES string of the molecule is C/C(=N\NC(=O)COc1ccc(Cl)cc1)c1cc2ccccc2o1. The quantitative estimate of drug-likeness (QED) is 0.563. The van der Waals surface area contributed by atoms with Gasteiger partial charge in [-0.3, -0.25) is 4.79 Å². The highest BCUT2D eigenvalue weighted by Gasteiger charge is 2.07. The second kappa shape index (κ2) is 7.19. The van der Waals surface area contributed by atoms with E-state index in [1.165, 1.54) is 0 Å². The number of ether oxygens (including phenoxy) is 1. The molecule has 1 amide bonds. The van der Waals surface area contributed by atoms with Crippen molar-refractivity contribution in [2.45, 2.75) is 6.92 Å². The van der Waals surface area contributed by atoms with Crippen molar-refractivity contribution < 1.29 is 13.9 Å². The number of carbonyl (C=O) groups is 1. The summed E-state index contributed by atoms with van der Waals surface area (Å²) in [4.78, 5) is 11.8. The third-order valence-corrected chi connectivity index (χ3v) is 3.57. The summed E-state index contributed by atoms with van der Waals surface area (Å²) in [7, 11) is 0. The number of benzene rings is 2. The Labute approximate surface area is 143 Å². The lowest BCUT2D eigenvalue weighted by molar-refractivity contribution is -0.123. The van der Waals surface area contributed by atoms with Crippen molar-refractivity contribution in [2.75, 3.05) is 6.61 Å². The van der Waals surface area contributed by atoms with Gasteiger partial charge < -0.3 is 9.15 Å². The van der Waals surface area contributed by atoms with Gasteiger partial charge in [0.05, 0.1) is 0 Å². The number of hydrazone groups is 1. The summed E-state index contributed by atoms with van der Waals surface area (Å²) in [6.07, 6.45) is 0. The Morgan fingerprint density at radius 2 is 1.96 bits per heavy atom. The molecule has 0 spiro atoms. The first-order valence-electron chi connectivity index (χ1n) is 7.32. The van der Waals surface area contributed by atoms with Gasteiger partial charge in [-0.15, -0.1) is 0 Å². The molecular formula is C18H15ClN2O3. The fourth-order valence-corrected chi connectivity index (χ4v) is 2.20. The van der Waals surface area contributed by atoms with Gasteiger partial charge >= 0.3 is 0 Å². The van der Waals surface area contributed by atoms with Crippen LogP contribution in [0, 0.1) is 0 Å². The molecule has 6 heteroatoms. The lowest BCUT2D eigenvalue weighted by Crippen LogP contribution is -2.25. The van der Waals surface area contributed by atoms with Crippen LogP contribution in [0.1, 0.15) is 12.7 Å². The minimum Gasteiger partial charge on any atom is -0.484 e. The highest BCUT2D eigenvalue weighted by Crippen LogP contribution is 2.19. The molecule has 1 N–H and O–H groups in total. The zero-order valence-corrected chi connectivity index (χ0v) is 13.7. The van der Waals surface area contributed by atoms with E-state index in [1.54, 1.807) is 31.2 Å². The molecule has 3 aromatic rings. The first-order valence-corrected chi connectivity index (χ1v) is 7.70. The van der Waals surface area contributed by atoms with Crippen molar-refractivity contribution >= 4 is 34.2 Å². The molecule has 5 nitrogen and oxygen atoms in total. The molecule has 0 aliphatic heterocycles. The summed E-state index contributed by atoms with van der Waals surface area (Å²) >= 11 is 5.78. The number of carbonyl (C=O) groups excluding carboxylic acids is 1. The predicted octanol–water partition coefficient (Wildman–Crippen LogP) is 4.01. The average Bonchev–Trinajstić information content (AvgIpc) is 3.03. The third kappa shape index (κ3) is 3.94. The normalized spacial score (nSPS) is 11.5. The lowest BCUT2D eigenvalue weighted by Gasteiger charge is -2.05. The molecule has 1 aromatic heterocycles. The van der Waals surface area contributed by atoms with Gasteiger partial charge in [-0.05, 0) is 43.3 Å². The number of nitrogens with zero attached hydrogens (tertiary/aromatic N) is 1. The van der Waals surface area contributed by atoms with Gasteiger partial charge in [-0.25, -0.2) is 5.43 Å². The Balaban J connectivity index is 1.57. The molecule has 0 unspecified atom stereocenters. The van der Waals surface area contributed by atoms with Gasteiger partial charge in [0, 0.05) is 10.4 Å². The number of rotatable bonds is 5. The standard InChI is InChI=1S/C18H15ClN2O3/c1-12(17-10-13-4-2-3-5-16(13)24-17)20-21-18(22)11-23-15-8-6-14(19)7-9-15/h2-10H,11H2,1H3,(H,21,22)/b20-12+. The van der Waals surface area contributed by atoms with Crippen molar-refractivity contribution in [3.63, 3.8) is 0 Å². The van der Waals surface area contributed by atoms with Crippen LogP contribution in [-0.2, 0) is 4.79 Å². The van der Waals surface area contributed by atoms with E-state index in [4.69, 9.17) is 20.8 Å². The van der Waals surface area contributed by atoms with Gasteiger partial charge in [0.1, 0.15) is 17.0 Å². The molecule has 0 bridgehead atoms. The first kappa shape index (κ1) is 16.1. The van der Waals surface area contributed by atoms with Gasteiger partial charge in [0.15, 0.2) is 12.4 Å². The zero-order valence-electron chi connectivity index (χ0n) is 13.0. The van der Waals surface area contributed by atoms with Crippen LogP contribution in [-0.4, -0.2) is 18.2 Å². The molecule has 0 aliphatic carbocycles. The van der Waals surface area contributed by atoms with Gasteiger partial charge in [-0.2, -0.15) is 5.10 Å². The van der Waals surface area contributed by atoms with Crippen LogP contribution in [0.5, 0.6) is 5.75 Å². The molecule has 0 fully saturated rings. The summed E-state index contributed by atoms with van der Waals surface area (Å²) in [5.74, 6) is 0.808. The summed E-state index contributed by atoms with van der Waals surface area (Å²) in [6.45, 7) is 1.62. The van der Waals surface area contributed by atoms with E-state index < -0.39 is 0 Å². The van der Waals surface area contributed by atoms with E-state index in [2.05, 4.69) is 10.5 Å². The number of amides is 1. The van der Waals surface area contributed by atoms with Gasteiger partial charge in [0.25, 0.3) is 5.91 Å². The highest BCUT2D eigenvalue weighted by molar-refractivity contribution is 6.30. The van der Waals surface area contributed by atoms with E-state index in [9.17, 15) is 4.79 Å². The Kier molecular flexibility index (Phi) is 4.82. The van der Waals surface area contributed by atoms with Crippen molar-refractivity contribution in [3.8, 4) is 5.75 Å². The first-order chi connectivity index (χ1) is 11.6. The monoisotopic (exact) mass is 342 g/mol. The summed E-state index contributed by atoms with van der Waals surface area (Å²) < 4.78 is 11.0. The molecule has 0 saturated carbocycles. The van der Waals surface area contributed by atoms with E-state index in [1.807, 2.05) is 30.3 Å². The van der Waals surface area contributed by atoms with E-state index in [0.717, 1.165) is 11.0 Å². The van der Waals surface area contributed by atoms with Crippen molar-refractivity contribution in [1.29, 1.82) is 0 Å².